The van der Waals surface area contributed by atoms with Crippen molar-refractivity contribution in [3.8, 4) is 0 Å². The van der Waals surface area contributed by atoms with Gasteiger partial charge in [0, 0.05) is 57.1 Å². The molecule has 2 aliphatic heterocycles. The van der Waals surface area contributed by atoms with E-state index in [-0.39, 0.29) is 16.5 Å². The monoisotopic (exact) mass is 412 g/mol. The standard InChI is InChI=1S/C21H24N4O5/c26-21(6-4-18-2-1-13-30-18)24-9-7-22(8-10-24)17-3-5-19(25(27)28)20(16-17)23-11-14-29-15-12-23/h1-6,13,16H,7-12,14-15H2. The predicted molar refractivity (Wildman–Crippen MR) is 113 cm³/mol. The Labute approximate surface area is 174 Å². The molecule has 0 bridgehead atoms. The lowest BCUT2D eigenvalue weighted by molar-refractivity contribution is -0.384. The summed E-state index contributed by atoms with van der Waals surface area (Å²) in [6.07, 6.45) is 4.76. The number of benzene rings is 1. The minimum Gasteiger partial charge on any atom is -0.465 e. The number of anilines is 2. The Balaban J connectivity index is 1.42. The first-order valence-electron chi connectivity index (χ1n) is 9.98. The number of amides is 1. The van der Waals surface area contributed by atoms with Crippen molar-refractivity contribution in [3.05, 3.63) is 58.5 Å². The third kappa shape index (κ3) is 4.46. The van der Waals surface area contributed by atoms with Crippen LogP contribution in [0.3, 0.4) is 0 Å². The molecule has 2 fully saturated rings. The van der Waals surface area contributed by atoms with Gasteiger partial charge in [-0.1, -0.05) is 0 Å². The molecule has 2 aromatic rings. The number of hydrogen-bond acceptors (Lipinski definition) is 7. The maximum absolute atomic E-state index is 12.4. The highest BCUT2D eigenvalue weighted by atomic mass is 16.6. The van der Waals surface area contributed by atoms with Gasteiger partial charge in [-0.15, -0.1) is 0 Å². The lowest BCUT2D eigenvalue weighted by atomic mass is 10.1. The molecule has 30 heavy (non-hydrogen) atoms. The number of nitrogens with zero attached hydrogens (tertiary/aromatic N) is 4. The molecular weight excluding hydrogens is 388 g/mol. The molecule has 9 nitrogen and oxygen atoms in total. The molecule has 0 unspecified atom stereocenters. The summed E-state index contributed by atoms with van der Waals surface area (Å²) in [5.41, 5.74) is 1.67. The minimum absolute atomic E-state index is 0.0521. The molecule has 0 spiro atoms. The number of rotatable bonds is 5. The first-order chi connectivity index (χ1) is 14.6. The Bertz CT molecular complexity index is 913. The van der Waals surface area contributed by atoms with Crippen LogP contribution in [0.25, 0.3) is 6.08 Å². The third-order valence-electron chi connectivity index (χ3n) is 5.40. The van der Waals surface area contributed by atoms with Crippen LogP contribution in [0, 0.1) is 10.1 Å². The van der Waals surface area contributed by atoms with E-state index in [1.54, 1.807) is 41.5 Å². The Hall–Kier alpha value is -3.33. The molecule has 1 amide bonds. The fraction of sp³-hybridized carbons (Fsp3) is 0.381. The lowest BCUT2D eigenvalue weighted by Crippen LogP contribution is -2.48. The largest absolute Gasteiger partial charge is 0.465 e. The van der Waals surface area contributed by atoms with Crippen molar-refractivity contribution in [3.63, 3.8) is 0 Å². The van der Waals surface area contributed by atoms with Gasteiger partial charge in [-0.25, -0.2) is 0 Å². The van der Waals surface area contributed by atoms with E-state index in [4.69, 9.17) is 9.15 Å². The summed E-state index contributed by atoms with van der Waals surface area (Å²) in [5, 5.41) is 11.5. The Morgan fingerprint density at radius 3 is 2.47 bits per heavy atom. The molecule has 1 aromatic carbocycles. The number of carbonyl (C=O) groups excluding carboxylic acids is 1. The van der Waals surface area contributed by atoms with Crippen LogP contribution in [0.15, 0.2) is 47.1 Å². The zero-order chi connectivity index (χ0) is 20.9. The van der Waals surface area contributed by atoms with E-state index in [1.165, 1.54) is 6.08 Å². The SMILES string of the molecule is O=C(C=Cc1ccco1)N1CCN(c2ccc([N+](=O)[O-])c(N3CCOCC3)c2)CC1. The molecule has 0 N–H and O–H groups in total. The first kappa shape index (κ1) is 20.0. The first-order valence-corrected chi connectivity index (χ1v) is 9.98. The number of hydrogen-bond donors (Lipinski definition) is 0. The van der Waals surface area contributed by atoms with Gasteiger partial charge in [0.15, 0.2) is 0 Å². The number of carbonyl (C=O) groups is 1. The second-order valence-electron chi connectivity index (χ2n) is 7.19. The van der Waals surface area contributed by atoms with Crippen LogP contribution in [0.1, 0.15) is 5.76 Å². The molecule has 1 aromatic heterocycles. The molecule has 0 aliphatic carbocycles. The van der Waals surface area contributed by atoms with E-state index < -0.39 is 0 Å². The van der Waals surface area contributed by atoms with Crippen LogP contribution in [0.4, 0.5) is 17.1 Å². The van der Waals surface area contributed by atoms with Crippen LogP contribution >= 0.6 is 0 Å². The summed E-state index contributed by atoms with van der Waals surface area (Å²) in [4.78, 5) is 29.5. The topological polar surface area (TPSA) is 92.3 Å². The normalized spacial score (nSPS) is 17.5. The van der Waals surface area contributed by atoms with Crippen molar-refractivity contribution in [2.45, 2.75) is 0 Å². The molecule has 0 radical (unpaired) electrons. The van der Waals surface area contributed by atoms with Gasteiger partial charge >= 0.3 is 0 Å². The van der Waals surface area contributed by atoms with Crippen LogP contribution in [-0.2, 0) is 9.53 Å². The number of nitro groups is 1. The van der Waals surface area contributed by atoms with Crippen LogP contribution in [-0.4, -0.2) is 68.2 Å². The van der Waals surface area contributed by atoms with E-state index in [2.05, 4.69) is 4.90 Å². The Morgan fingerprint density at radius 1 is 1.03 bits per heavy atom. The van der Waals surface area contributed by atoms with Gasteiger partial charge in [-0.3, -0.25) is 14.9 Å². The van der Waals surface area contributed by atoms with E-state index in [0.717, 1.165) is 5.69 Å². The molecule has 158 valence electrons. The number of piperazine rings is 1. The highest BCUT2D eigenvalue weighted by molar-refractivity contribution is 5.91. The number of nitro benzene ring substituents is 1. The maximum Gasteiger partial charge on any atom is 0.292 e. The van der Waals surface area contributed by atoms with Crippen molar-refractivity contribution < 1.29 is 18.9 Å². The van der Waals surface area contributed by atoms with Crippen molar-refractivity contribution in [2.75, 3.05) is 62.3 Å². The second-order valence-corrected chi connectivity index (χ2v) is 7.19. The summed E-state index contributed by atoms with van der Waals surface area (Å²) in [7, 11) is 0. The Kier molecular flexibility index (Phi) is 5.99. The molecule has 4 rings (SSSR count). The predicted octanol–water partition coefficient (Wildman–Crippen LogP) is 2.39. The smallest absolute Gasteiger partial charge is 0.292 e. The Morgan fingerprint density at radius 2 is 1.80 bits per heavy atom. The minimum atomic E-state index is -0.337. The molecule has 0 saturated carbocycles. The van der Waals surface area contributed by atoms with Gasteiger partial charge in [0.05, 0.1) is 24.4 Å². The van der Waals surface area contributed by atoms with Gasteiger partial charge in [0.2, 0.25) is 5.91 Å². The molecule has 2 aliphatic rings. The van der Waals surface area contributed by atoms with Crippen LogP contribution < -0.4 is 9.80 Å². The summed E-state index contributed by atoms with van der Waals surface area (Å²) >= 11 is 0. The molecule has 9 heteroatoms. The highest BCUT2D eigenvalue weighted by Crippen LogP contribution is 2.33. The van der Waals surface area contributed by atoms with Crippen LogP contribution in [0.2, 0.25) is 0 Å². The third-order valence-corrected chi connectivity index (χ3v) is 5.40. The van der Waals surface area contributed by atoms with Crippen LogP contribution in [0.5, 0.6) is 0 Å². The number of furan rings is 1. The zero-order valence-electron chi connectivity index (χ0n) is 16.6. The number of ether oxygens (including phenoxy) is 1. The van der Waals surface area contributed by atoms with E-state index >= 15 is 0 Å². The second kappa shape index (κ2) is 9.00. The van der Waals surface area contributed by atoms with E-state index in [1.807, 2.05) is 11.0 Å². The van der Waals surface area contributed by atoms with Gasteiger partial charge in [-0.05, 0) is 30.3 Å². The summed E-state index contributed by atoms with van der Waals surface area (Å²) in [6.45, 7) is 4.91. The van der Waals surface area contributed by atoms with Crippen molar-refractivity contribution in [1.29, 1.82) is 0 Å². The zero-order valence-corrected chi connectivity index (χ0v) is 16.6. The average Bonchev–Trinajstić information content (AvgIpc) is 3.31. The molecule has 0 atom stereocenters. The van der Waals surface area contributed by atoms with Crippen molar-refractivity contribution in [1.82, 2.24) is 4.90 Å². The maximum atomic E-state index is 12.4. The lowest BCUT2D eigenvalue weighted by Gasteiger charge is -2.36. The summed E-state index contributed by atoms with van der Waals surface area (Å²) < 4.78 is 10.6. The van der Waals surface area contributed by atoms with Gasteiger partial charge in [-0.2, -0.15) is 0 Å². The molecule has 3 heterocycles. The fourth-order valence-corrected chi connectivity index (χ4v) is 3.75. The highest BCUT2D eigenvalue weighted by Gasteiger charge is 2.25. The summed E-state index contributed by atoms with van der Waals surface area (Å²) in [6, 6.07) is 8.82. The molecular formula is C21H24N4O5. The average molecular weight is 412 g/mol. The van der Waals surface area contributed by atoms with E-state index in [0.29, 0.717) is 63.9 Å². The van der Waals surface area contributed by atoms with Gasteiger partial charge in [0.1, 0.15) is 11.4 Å². The van der Waals surface area contributed by atoms with E-state index in [9.17, 15) is 14.9 Å². The van der Waals surface area contributed by atoms with Crippen molar-refractivity contribution >= 4 is 29.0 Å². The fourth-order valence-electron chi connectivity index (χ4n) is 3.75. The summed E-state index contributed by atoms with van der Waals surface area (Å²) in [5.74, 6) is 0.590. The number of morpholine rings is 1. The van der Waals surface area contributed by atoms with Crippen molar-refractivity contribution in [2.24, 2.45) is 0 Å². The molecule has 2 saturated heterocycles. The van der Waals surface area contributed by atoms with Gasteiger partial charge < -0.3 is 23.9 Å². The quantitative estimate of drug-likeness (QED) is 0.423. The van der Waals surface area contributed by atoms with Gasteiger partial charge in [0.25, 0.3) is 5.69 Å².